The molecule has 2 aliphatic rings. The van der Waals surface area contributed by atoms with Crippen molar-refractivity contribution in [3.63, 3.8) is 0 Å². The summed E-state index contributed by atoms with van der Waals surface area (Å²) in [5.41, 5.74) is -0.0133. The molecule has 0 amide bonds. The van der Waals surface area contributed by atoms with Gasteiger partial charge in [-0.3, -0.25) is 4.79 Å². The van der Waals surface area contributed by atoms with E-state index in [-0.39, 0.29) is 17.3 Å². The molecule has 1 unspecified atom stereocenters. The molecular formula is C15H19ClO2S. The zero-order chi connectivity index (χ0) is 13.3. The molecule has 0 radical (unpaired) electrons. The number of rotatable bonds is 2. The number of thiophene rings is 1. The zero-order valence-corrected chi connectivity index (χ0v) is 12.6. The Hall–Kier alpha value is -0.380. The third-order valence-corrected chi connectivity index (χ3v) is 5.83. The van der Waals surface area contributed by atoms with E-state index < -0.39 is 0 Å². The number of carbonyl (C=O) groups is 1. The van der Waals surface area contributed by atoms with Crippen LogP contribution in [0, 0.1) is 5.92 Å². The van der Waals surface area contributed by atoms with E-state index in [0.29, 0.717) is 5.02 Å². The highest BCUT2D eigenvalue weighted by atomic mass is 35.5. The smallest absolute Gasteiger partial charge is 0.177 e. The lowest BCUT2D eigenvalue weighted by Gasteiger charge is -2.43. The summed E-state index contributed by atoms with van der Waals surface area (Å²) in [6.07, 6.45) is 7.75. The molecule has 4 heteroatoms. The van der Waals surface area contributed by atoms with Crippen LogP contribution in [-0.2, 0) is 4.74 Å². The summed E-state index contributed by atoms with van der Waals surface area (Å²) >= 11 is 7.55. The van der Waals surface area contributed by atoms with Crippen LogP contribution < -0.4 is 0 Å². The molecule has 104 valence electrons. The lowest BCUT2D eigenvalue weighted by atomic mass is 9.75. The maximum Gasteiger partial charge on any atom is 0.177 e. The molecule has 2 heterocycles. The minimum absolute atomic E-state index is 0.0133. The predicted molar refractivity (Wildman–Crippen MR) is 78.2 cm³/mol. The molecule has 2 nitrogen and oxygen atoms in total. The average Bonchev–Trinajstić information content (AvgIpc) is 2.85. The maximum absolute atomic E-state index is 12.6. The van der Waals surface area contributed by atoms with Gasteiger partial charge < -0.3 is 4.74 Å². The minimum atomic E-state index is -0.0133. The van der Waals surface area contributed by atoms with Gasteiger partial charge in [-0.25, -0.2) is 0 Å². The van der Waals surface area contributed by atoms with Crippen molar-refractivity contribution in [2.24, 2.45) is 5.92 Å². The van der Waals surface area contributed by atoms with Crippen LogP contribution >= 0.6 is 22.9 Å². The van der Waals surface area contributed by atoms with Crippen molar-refractivity contribution in [3.8, 4) is 0 Å². The molecule has 1 saturated heterocycles. The van der Waals surface area contributed by atoms with Crippen molar-refractivity contribution in [3.05, 3.63) is 21.3 Å². The van der Waals surface area contributed by atoms with Crippen LogP contribution in [0.2, 0.25) is 5.02 Å². The van der Waals surface area contributed by atoms with Crippen molar-refractivity contribution >= 4 is 28.7 Å². The molecule has 0 N–H and O–H groups in total. The summed E-state index contributed by atoms with van der Waals surface area (Å²) in [7, 11) is 0. The van der Waals surface area contributed by atoms with E-state index in [9.17, 15) is 4.79 Å². The van der Waals surface area contributed by atoms with Gasteiger partial charge in [-0.2, -0.15) is 0 Å². The van der Waals surface area contributed by atoms with E-state index in [4.69, 9.17) is 16.3 Å². The number of Topliss-reactive ketones (excluding diaryl/α,β-unsaturated/α-hetero) is 1. The normalized spacial score (nSPS) is 26.5. The number of carbonyl (C=O) groups excluding carboxylic acids is 1. The molecule has 1 aromatic rings. The Bertz CT molecular complexity index is 457. The van der Waals surface area contributed by atoms with Gasteiger partial charge >= 0.3 is 0 Å². The van der Waals surface area contributed by atoms with Gasteiger partial charge in [-0.1, -0.05) is 30.9 Å². The SMILES string of the molecule is O=C(c1sccc1Cl)C1CCOC2(CCCCC2)C1. The third kappa shape index (κ3) is 2.74. The van der Waals surface area contributed by atoms with Crippen molar-refractivity contribution in [1.29, 1.82) is 0 Å². The molecule has 0 bridgehead atoms. The second kappa shape index (κ2) is 5.55. The van der Waals surface area contributed by atoms with Crippen LogP contribution in [0.4, 0.5) is 0 Å². The Morgan fingerprint density at radius 1 is 1.37 bits per heavy atom. The average molecular weight is 299 g/mol. The molecule has 2 fully saturated rings. The second-order valence-electron chi connectivity index (χ2n) is 5.74. The second-order valence-corrected chi connectivity index (χ2v) is 7.07. The van der Waals surface area contributed by atoms with E-state index in [1.807, 2.05) is 11.4 Å². The van der Waals surface area contributed by atoms with Crippen molar-refractivity contribution in [2.75, 3.05) is 6.61 Å². The van der Waals surface area contributed by atoms with Gasteiger partial charge in [0.05, 0.1) is 15.5 Å². The molecule has 1 saturated carbocycles. The van der Waals surface area contributed by atoms with Crippen LogP contribution in [0.1, 0.15) is 54.6 Å². The van der Waals surface area contributed by atoms with Gasteiger partial charge in [0.2, 0.25) is 0 Å². The lowest BCUT2D eigenvalue weighted by molar-refractivity contribution is -0.111. The summed E-state index contributed by atoms with van der Waals surface area (Å²) in [5.74, 6) is 0.330. The highest BCUT2D eigenvalue weighted by molar-refractivity contribution is 7.12. The number of ketones is 1. The van der Waals surface area contributed by atoms with Gasteiger partial charge in [0.25, 0.3) is 0 Å². The Balaban J connectivity index is 1.74. The van der Waals surface area contributed by atoms with E-state index >= 15 is 0 Å². The molecular weight excluding hydrogens is 280 g/mol. The maximum atomic E-state index is 12.6. The molecule has 0 aromatic carbocycles. The third-order valence-electron chi connectivity index (χ3n) is 4.47. The summed E-state index contributed by atoms with van der Waals surface area (Å²) in [6, 6.07) is 1.81. The topological polar surface area (TPSA) is 26.3 Å². The highest BCUT2D eigenvalue weighted by Gasteiger charge is 2.41. The number of ether oxygens (including phenoxy) is 1. The fourth-order valence-electron chi connectivity index (χ4n) is 3.45. The first kappa shape index (κ1) is 13.6. The van der Waals surface area contributed by atoms with Gasteiger partial charge in [0.15, 0.2) is 5.78 Å². The molecule has 1 atom stereocenters. The quantitative estimate of drug-likeness (QED) is 0.739. The molecule has 1 aromatic heterocycles. The van der Waals surface area contributed by atoms with Crippen molar-refractivity contribution in [2.45, 2.75) is 50.5 Å². The fraction of sp³-hybridized carbons (Fsp3) is 0.667. The predicted octanol–water partition coefficient (Wildman–Crippen LogP) is 4.71. The van der Waals surface area contributed by atoms with Crippen LogP contribution in [0.15, 0.2) is 11.4 Å². The first-order chi connectivity index (χ1) is 9.20. The number of halogens is 1. The Labute approximate surface area is 123 Å². The van der Waals surface area contributed by atoms with Gasteiger partial charge in [-0.05, 0) is 37.1 Å². The Kier molecular flexibility index (Phi) is 3.97. The van der Waals surface area contributed by atoms with E-state index in [1.54, 1.807) is 0 Å². The molecule has 3 rings (SSSR count). The van der Waals surface area contributed by atoms with Gasteiger partial charge in [-0.15, -0.1) is 11.3 Å². The summed E-state index contributed by atoms with van der Waals surface area (Å²) in [5, 5.41) is 2.50. The van der Waals surface area contributed by atoms with Crippen LogP contribution in [0.25, 0.3) is 0 Å². The first-order valence-corrected chi connectivity index (χ1v) is 8.37. The van der Waals surface area contributed by atoms with Gasteiger partial charge in [0.1, 0.15) is 0 Å². The van der Waals surface area contributed by atoms with Crippen LogP contribution in [0.3, 0.4) is 0 Å². The summed E-state index contributed by atoms with van der Waals surface area (Å²) in [6.45, 7) is 0.722. The fourth-order valence-corrected chi connectivity index (χ4v) is 4.62. The molecule has 1 spiro atoms. The summed E-state index contributed by atoms with van der Waals surface area (Å²) < 4.78 is 6.05. The van der Waals surface area contributed by atoms with E-state index in [0.717, 1.165) is 37.2 Å². The van der Waals surface area contributed by atoms with E-state index in [2.05, 4.69) is 0 Å². The lowest BCUT2D eigenvalue weighted by Crippen LogP contribution is -2.43. The van der Waals surface area contributed by atoms with Gasteiger partial charge in [0, 0.05) is 12.5 Å². The first-order valence-electron chi connectivity index (χ1n) is 7.11. The summed E-state index contributed by atoms with van der Waals surface area (Å²) in [4.78, 5) is 13.3. The Morgan fingerprint density at radius 3 is 2.84 bits per heavy atom. The Morgan fingerprint density at radius 2 is 2.16 bits per heavy atom. The monoisotopic (exact) mass is 298 g/mol. The van der Waals surface area contributed by atoms with Crippen LogP contribution in [-0.4, -0.2) is 18.0 Å². The minimum Gasteiger partial charge on any atom is -0.375 e. The van der Waals surface area contributed by atoms with E-state index in [1.165, 1.54) is 30.6 Å². The van der Waals surface area contributed by atoms with Crippen LogP contribution in [0.5, 0.6) is 0 Å². The van der Waals surface area contributed by atoms with Crippen molar-refractivity contribution < 1.29 is 9.53 Å². The largest absolute Gasteiger partial charge is 0.375 e. The molecule has 19 heavy (non-hydrogen) atoms. The zero-order valence-electron chi connectivity index (χ0n) is 11.0. The van der Waals surface area contributed by atoms with Crippen molar-refractivity contribution in [1.82, 2.24) is 0 Å². The standard InChI is InChI=1S/C15H19ClO2S/c16-12-5-9-19-14(12)13(17)11-4-8-18-15(10-11)6-2-1-3-7-15/h5,9,11H,1-4,6-8,10H2. The number of hydrogen-bond acceptors (Lipinski definition) is 3. The molecule has 1 aliphatic heterocycles. The molecule has 1 aliphatic carbocycles. The number of hydrogen-bond donors (Lipinski definition) is 0. The highest BCUT2D eigenvalue weighted by Crippen LogP contribution is 2.42.